The van der Waals surface area contributed by atoms with Gasteiger partial charge in [-0.15, -0.1) is 0 Å². The standard InChI is InChI=1S/C54H39F2N3/c1-59-51(35-16-4-2-5-17-35)57-50(58-52(59)36-18-6-3-7-19-36)39-21-15-23-41(33-39)54(55,56)40-22-14-20-37(32-40)38-30-31-45-44-26-10-13-29-48(44)53(49(45)34-38)46-27-11-8-24-42(46)43-25-9-12-28-47(43)53/h2-9,11-25,27-34,51H,10,26H2,1H3. The van der Waals surface area contributed by atoms with Crippen molar-refractivity contribution in [3.05, 3.63) is 244 Å². The van der Waals surface area contributed by atoms with Gasteiger partial charge in [0, 0.05) is 29.3 Å². The van der Waals surface area contributed by atoms with Gasteiger partial charge in [-0.25, -0.2) is 9.98 Å². The van der Waals surface area contributed by atoms with Crippen LogP contribution in [0.2, 0.25) is 0 Å². The lowest BCUT2D eigenvalue weighted by Gasteiger charge is -2.32. The van der Waals surface area contributed by atoms with E-state index in [1.807, 2.05) is 84.7 Å². The van der Waals surface area contributed by atoms with E-state index in [1.165, 1.54) is 56.7 Å². The highest BCUT2D eigenvalue weighted by Crippen LogP contribution is 2.63. The highest BCUT2D eigenvalue weighted by molar-refractivity contribution is 6.13. The van der Waals surface area contributed by atoms with Crippen LogP contribution in [-0.4, -0.2) is 23.6 Å². The van der Waals surface area contributed by atoms with Gasteiger partial charge < -0.3 is 4.90 Å². The van der Waals surface area contributed by atoms with Crippen molar-refractivity contribution >= 4 is 17.2 Å². The van der Waals surface area contributed by atoms with Crippen molar-refractivity contribution in [2.75, 3.05) is 7.05 Å². The van der Waals surface area contributed by atoms with Crippen LogP contribution in [0.3, 0.4) is 0 Å². The van der Waals surface area contributed by atoms with E-state index >= 15 is 8.78 Å². The summed E-state index contributed by atoms with van der Waals surface area (Å²) >= 11 is 0. The summed E-state index contributed by atoms with van der Waals surface area (Å²) in [6.45, 7) is 0. The molecule has 1 aliphatic heterocycles. The Morgan fingerprint density at radius 3 is 1.88 bits per heavy atom. The molecule has 3 nitrogen and oxygen atoms in total. The summed E-state index contributed by atoms with van der Waals surface area (Å²) in [5.41, 5.74) is 13.7. The molecule has 0 aromatic heterocycles. The Morgan fingerprint density at radius 1 is 0.576 bits per heavy atom. The zero-order valence-corrected chi connectivity index (χ0v) is 32.5. The Balaban J connectivity index is 0.989. The molecule has 284 valence electrons. The molecule has 59 heavy (non-hydrogen) atoms. The van der Waals surface area contributed by atoms with E-state index in [4.69, 9.17) is 9.98 Å². The van der Waals surface area contributed by atoms with Crippen molar-refractivity contribution in [1.82, 2.24) is 4.90 Å². The minimum atomic E-state index is -3.30. The average molecular weight is 768 g/mol. The summed E-state index contributed by atoms with van der Waals surface area (Å²) < 4.78 is 33.9. The molecule has 0 bridgehead atoms. The molecule has 0 radical (unpaired) electrons. The van der Waals surface area contributed by atoms with Gasteiger partial charge in [-0.1, -0.05) is 170 Å². The van der Waals surface area contributed by atoms with Crippen LogP contribution >= 0.6 is 0 Å². The summed E-state index contributed by atoms with van der Waals surface area (Å²) in [6.07, 6.45) is 6.22. The highest BCUT2D eigenvalue weighted by Gasteiger charge is 2.52. The van der Waals surface area contributed by atoms with Gasteiger partial charge in [0.15, 0.2) is 5.84 Å². The van der Waals surface area contributed by atoms with E-state index in [2.05, 4.69) is 78.9 Å². The van der Waals surface area contributed by atoms with Crippen molar-refractivity contribution in [3.63, 3.8) is 0 Å². The Hall–Kier alpha value is -6.98. The summed E-state index contributed by atoms with van der Waals surface area (Å²) in [6, 6.07) is 57.4. The van der Waals surface area contributed by atoms with Gasteiger partial charge in [-0.3, -0.25) is 0 Å². The zero-order chi connectivity index (χ0) is 39.7. The van der Waals surface area contributed by atoms with E-state index in [0.29, 0.717) is 11.4 Å². The SMILES string of the molecule is CN1C(c2ccccc2)=NC(c2cccc(C(F)(F)c3cccc(-c4ccc5c(c4)C4(C6=C5CCC=C6)c5ccccc5-c5ccccc54)c3)c2)=NC1c1ccccc1. The van der Waals surface area contributed by atoms with E-state index in [9.17, 15) is 0 Å². The zero-order valence-electron chi connectivity index (χ0n) is 32.5. The third kappa shape index (κ3) is 5.38. The molecule has 1 atom stereocenters. The molecule has 0 amide bonds. The minimum Gasteiger partial charge on any atom is -0.333 e. The number of halogens is 2. The maximum atomic E-state index is 17.0. The first-order valence-electron chi connectivity index (χ1n) is 20.3. The fraction of sp³-hybridized carbons (Fsp3) is 0.111. The second-order valence-corrected chi connectivity index (χ2v) is 15.8. The molecule has 1 spiro atoms. The van der Waals surface area contributed by atoms with Crippen LogP contribution in [0.1, 0.15) is 69.1 Å². The quantitative estimate of drug-likeness (QED) is 0.166. The summed E-state index contributed by atoms with van der Waals surface area (Å²) in [7, 11) is 1.97. The van der Waals surface area contributed by atoms with Crippen molar-refractivity contribution in [1.29, 1.82) is 0 Å². The van der Waals surface area contributed by atoms with Gasteiger partial charge in [0.25, 0.3) is 5.92 Å². The molecule has 0 fully saturated rings. The van der Waals surface area contributed by atoms with E-state index in [0.717, 1.165) is 40.9 Å². The molecule has 7 aromatic carbocycles. The van der Waals surface area contributed by atoms with Crippen LogP contribution in [-0.2, 0) is 11.3 Å². The van der Waals surface area contributed by atoms with Gasteiger partial charge in [-0.2, -0.15) is 8.78 Å². The minimum absolute atomic E-state index is 0.0692. The van der Waals surface area contributed by atoms with E-state index < -0.39 is 11.3 Å². The Bertz CT molecular complexity index is 2890. The smallest absolute Gasteiger partial charge is 0.298 e. The van der Waals surface area contributed by atoms with Crippen molar-refractivity contribution in [2.45, 2.75) is 30.3 Å². The average Bonchev–Trinajstić information content (AvgIpc) is 3.77. The number of benzene rings is 7. The molecular weight excluding hydrogens is 729 g/mol. The molecule has 4 aliphatic rings. The van der Waals surface area contributed by atoms with Gasteiger partial charge in [0.1, 0.15) is 12.0 Å². The predicted molar refractivity (Wildman–Crippen MR) is 235 cm³/mol. The summed E-state index contributed by atoms with van der Waals surface area (Å²) in [5, 5.41) is 0. The number of aliphatic imine (C=N–C) groups is 2. The number of hydrogen-bond donors (Lipinski definition) is 0. The Labute approximate surface area is 343 Å². The number of rotatable bonds is 6. The molecule has 1 unspecified atom stereocenters. The first-order valence-corrected chi connectivity index (χ1v) is 20.3. The fourth-order valence-electron chi connectivity index (χ4n) is 9.91. The van der Waals surface area contributed by atoms with Gasteiger partial charge in [-0.05, 0) is 92.3 Å². The van der Waals surface area contributed by atoms with Crippen LogP contribution in [0.4, 0.5) is 8.78 Å². The highest BCUT2D eigenvalue weighted by atomic mass is 19.3. The van der Waals surface area contributed by atoms with Crippen molar-refractivity contribution < 1.29 is 8.78 Å². The Kier molecular flexibility index (Phi) is 8.09. The van der Waals surface area contributed by atoms with Crippen LogP contribution in [0.25, 0.3) is 27.8 Å². The lowest BCUT2D eigenvalue weighted by molar-refractivity contribution is 0.0429. The molecule has 7 aromatic rings. The third-order valence-electron chi connectivity index (χ3n) is 12.6. The normalized spacial score (nSPS) is 17.3. The van der Waals surface area contributed by atoms with Crippen LogP contribution < -0.4 is 0 Å². The molecule has 0 saturated heterocycles. The molecule has 5 heteroatoms. The third-order valence-corrected chi connectivity index (χ3v) is 12.6. The lowest BCUT2D eigenvalue weighted by Crippen LogP contribution is -2.35. The summed E-state index contributed by atoms with van der Waals surface area (Å²) in [5.74, 6) is -2.16. The molecule has 3 aliphatic carbocycles. The molecule has 0 N–H and O–H groups in total. The molecule has 1 heterocycles. The van der Waals surface area contributed by atoms with Crippen LogP contribution in [0.15, 0.2) is 204 Å². The van der Waals surface area contributed by atoms with E-state index in [1.54, 1.807) is 24.3 Å². The van der Waals surface area contributed by atoms with Gasteiger partial charge >= 0.3 is 0 Å². The second-order valence-electron chi connectivity index (χ2n) is 15.8. The summed E-state index contributed by atoms with van der Waals surface area (Å²) in [4.78, 5) is 12.1. The molecule has 11 rings (SSSR count). The lowest BCUT2D eigenvalue weighted by atomic mass is 9.69. The monoisotopic (exact) mass is 767 g/mol. The number of hydrogen-bond acceptors (Lipinski definition) is 3. The molecular formula is C54H39F2N3. The number of fused-ring (bicyclic) bond motifs is 9. The second kappa shape index (κ2) is 13.6. The first-order chi connectivity index (χ1) is 28.9. The maximum Gasteiger partial charge on any atom is 0.298 e. The largest absolute Gasteiger partial charge is 0.333 e. The number of alkyl halides is 2. The fourth-order valence-corrected chi connectivity index (χ4v) is 9.91. The molecule has 0 saturated carbocycles. The Morgan fingerprint density at radius 2 is 1.17 bits per heavy atom. The van der Waals surface area contributed by atoms with Crippen molar-refractivity contribution in [2.24, 2.45) is 9.98 Å². The van der Waals surface area contributed by atoms with Crippen LogP contribution in [0, 0.1) is 0 Å². The topological polar surface area (TPSA) is 28.0 Å². The predicted octanol–water partition coefficient (Wildman–Crippen LogP) is 12.8. The number of allylic oxidation sites excluding steroid dienone is 4. The van der Waals surface area contributed by atoms with Crippen molar-refractivity contribution in [3.8, 4) is 22.3 Å². The number of amidine groups is 2. The van der Waals surface area contributed by atoms with E-state index in [-0.39, 0.29) is 17.3 Å². The van der Waals surface area contributed by atoms with Crippen LogP contribution in [0.5, 0.6) is 0 Å². The van der Waals surface area contributed by atoms with Gasteiger partial charge in [0.05, 0.1) is 5.41 Å². The maximum absolute atomic E-state index is 17.0. The first kappa shape index (κ1) is 35.2. The van der Waals surface area contributed by atoms with Gasteiger partial charge in [0.2, 0.25) is 0 Å². The number of nitrogens with zero attached hydrogens (tertiary/aromatic N) is 3.